The maximum absolute atomic E-state index is 9.58. The quantitative estimate of drug-likeness (QED) is 0.200. The average Bonchev–Trinajstić information content (AvgIpc) is 2.67. The molecule has 0 fully saturated rings. The van der Waals surface area contributed by atoms with Crippen LogP contribution in [0.25, 0.3) is 0 Å². The smallest absolute Gasteiger partial charge is 0.134 e. The summed E-state index contributed by atoms with van der Waals surface area (Å²) in [6, 6.07) is 0. The van der Waals surface area contributed by atoms with E-state index in [4.69, 9.17) is 5.11 Å². The summed E-state index contributed by atoms with van der Waals surface area (Å²) in [5, 5.41) is 18.1. The molecular formula is C25H40O2. The first-order chi connectivity index (χ1) is 13.3. The average molecular weight is 373 g/mol. The summed E-state index contributed by atoms with van der Waals surface area (Å²) < 4.78 is 0. The van der Waals surface area contributed by atoms with Gasteiger partial charge in [0.05, 0.1) is 0 Å². The third kappa shape index (κ3) is 22.5. The summed E-state index contributed by atoms with van der Waals surface area (Å²) >= 11 is 0. The highest BCUT2D eigenvalue weighted by Gasteiger charge is 1.92. The summed E-state index contributed by atoms with van der Waals surface area (Å²) in [5.41, 5.74) is 0. The van der Waals surface area contributed by atoms with E-state index in [0.29, 0.717) is 0 Å². The van der Waals surface area contributed by atoms with Crippen LogP contribution in [0, 0.1) is 23.7 Å². The van der Waals surface area contributed by atoms with E-state index < -0.39 is 6.10 Å². The van der Waals surface area contributed by atoms with Gasteiger partial charge < -0.3 is 10.2 Å². The predicted molar refractivity (Wildman–Crippen MR) is 117 cm³/mol. The molecule has 0 radical (unpaired) electrons. The SMILES string of the molecule is CCCCCCCC/C=C\CCCCCCC/C=C/[C@@H](O)C#CC#CCO. The minimum Gasteiger partial charge on any atom is -0.384 e. The Balaban J connectivity index is 3.36. The summed E-state index contributed by atoms with van der Waals surface area (Å²) in [6.45, 7) is 2.07. The van der Waals surface area contributed by atoms with Gasteiger partial charge in [-0.25, -0.2) is 0 Å². The molecule has 0 unspecified atom stereocenters. The molecule has 1 atom stereocenters. The molecule has 0 amide bonds. The van der Waals surface area contributed by atoms with Crippen molar-refractivity contribution < 1.29 is 10.2 Å². The molecular weight excluding hydrogens is 332 g/mol. The van der Waals surface area contributed by atoms with Crippen molar-refractivity contribution in [3.63, 3.8) is 0 Å². The Hall–Kier alpha value is -1.48. The number of allylic oxidation sites excluding steroid dienone is 3. The lowest BCUT2D eigenvalue weighted by molar-refractivity contribution is 0.280. The molecule has 2 nitrogen and oxygen atoms in total. The lowest BCUT2D eigenvalue weighted by atomic mass is 10.1. The zero-order valence-electron chi connectivity index (χ0n) is 17.4. The zero-order valence-corrected chi connectivity index (χ0v) is 17.4. The van der Waals surface area contributed by atoms with Gasteiger partial charge in [-0.05, 0) is 56.4 Å². The third-order valence-corrected chi connectivity index (χ3v) is 4.40. The minimum atomic E-state index is -0.763. The molecule has 0 aromatic rings. The van der Waals surface area contributed by atoms with Crippen LogP contribution in [0.3, 0.4) is 0 Å². The molecule has 0 spiro atoms. The van der Waals surface area contributed by atoms with Crippen molar-refractivity contribution in [3.05, 3.63) is 24.3 Å². The third-order valence-electron chi connectivity index (χ3n) is 4.40. The van der Waals surface area contributed by atoms with Crippen LogP contribution in [0.1, 0.15) is 96.8 Å². The fourth-order valence-electron chi connectivity index (χ4n) is 2.80. The fourth-order valence-corrected chi connectivity index (χ4v) is 2.80. The van der Waals surface area contributed by atoms with E-state index in [-0.39, 0.29) is 6.61 Å². The lowest BCUT2D eigenvalue weighted by Crippen LogP contribution is -1.96. The van der Waals surface area contributed by atoms with E-state index in [0.717, 1.165) is 12.8 Å². The van der Waals surface area contributed by atoms with Gasteiger partial charge in [-0.1, -0.05) is 88.4 Å². The number of hydrogen-bond donors (Lipinski definition) is 2. The largest absolute Gasteiger partial charge is 0.384 e. The van der Waals surface area contributed by atoms with Crippen molar-refractivity contribution in [1.82, 2.24) is 0 Å². The summed E-state index contributed by atoms with van der Waals surface area (Å²) in [4.78, 5) is 0. The van der Waals surface area contributed by atoms with Crippen LogP contribution in [0.15, 0.2) is 24.3 Å². The molecule has 2 heteroatoms. The van der Waals surface area contributed by atoms with Crippen molar-refractivity contribution in [2.24, 2.45) is 0 Å². The zero-order chi connectivity index (χ0) is 19.8. The van der Waals surface area contributed by atoms with Crippen LogP contribution in [-0.2, 0) is 0 Å². The van der Waals surface area contributed by atoms with Crippen molar-refractivity contribution in [3.8, 4) is 23.7 Å². The Morgan fingerprint density at radius 3 is 1.78 bits per heavy atom. The van der Waals surface area contributed by atoms with Crippen molar-refractivity contribution in [1.29, 1.82) is 0 Å². The van der Waals surface area contributed by atoms with E-state index in [2.05, 4.69) is 42.8 Å². The molecule has 0 aliphatic heterocycles. The van der Waals surface area contributed by atoms with E-state index in [1.807, 2.05) is 6.08 Å². The lowest BCUT2D eigenvalue weighted by Gasteiger charge is -1.99. The summed E-state index contributed by atoms with van der Waals surface area (Å²) in [6.07, 6.45) is 25.7. The number of rotatable bonds is 16. The predicted octanol–water partition coefficient (Wildman–Crippen LogP) is 5.94. The summed E-state index contributed by atoms with van der Waals surface area (Å²) in [5.74, 6) is 10.0. The molecule has 0 aliphatic carbocycles. The number of hydrogen-bond acceptors (Lipinski definition) is 2. The monoisotopic (exact) mass is 372 g/mol. The van der Waals surface area contributed by atoms with Gasteiger partial charge >= 0.3 is 0 Å². The highest BCUT2D eigenvalue weighted by atomic mass is 16.3. The number of aliphatic hydroxyl groups is 2. The normalized spacial score (nSPS) is 12.0. The Bertz CT molecular complexity index is 482. The molecule has 0 aromatic carbocycles. The first-order valence-corrected chi connectivity index (χ1v) is 10.9. The van der Waals surface area contributed by atoms with Gasteiger partial charge in [0.1, 0.15) is 12.7 Å². The second kappa shape index (κ2) is 22.6. The van der Waals surface area contributed by atoms with Gasteiger partial charge in [0.25, 0.3) is 0 Å². The first-order valence-electron chi connectivity index (χ1n) is 10.9. The van der Waals surface area contributed by atoms with E-state index in [9.17, 15) is 5.11 Å². The van der Waals surface area contributed by atoms with Crippen molar-refractivity contribution >= 4 is 0 Å². The van der Waals surface area contributed by atoms with Gasteiger partial charge in [-0.3, -0.25) is 0 Å². The van der Waals surface area contributed by atoms with Crippen molar-refractivity contribution in [2.45, 2.75) is 103 Å². The van der Waals surface area contributed by atoms with E-state index in [1.54, 1.807) is 6.08 Å². The molecule has 0 heterocycles. The van der Waals surface area contributed by atoms with Gasteiger partial charge in [0.2, 0.25) is 0 Å². The Kier molecular flexibility index (Phi) is 21.3. The van der Waals surface area contributed by atoms with Crippen LogP contribution >= 0.6 is 0 Å². The van der Waals surface area contributed by atoms with Crippen LogP contribution in [0.5, 0.6) is 0 Å². The molecule has 2 N–H and O–H groups in total. The fraction of sp³-hybridized carbons (Fsp3) is 0.680. The molecule has 152 valence electrons. The standard InChI is InChI=1S/C25H40O2/c1-2-3-4-5-6-7-8-9-10-11-12-13-14-15-16-17-19-22-25(27)23-20-18-21-24-26/h9-10,19,22,25-27H,2-8,11-17,24H2,1H3/b10-9-,22-19+/t25-/m1/s1. The summed E-state index contributed by atoms with van der Waals surface area (Å²) in [7, 11) is 0. The second-order valence-corrected chi connectivity index (χ2v) is 6.98. The Morgan fingerprint density at radius 2 is 1.22 bits per heavy atom. The highest BCUT2D eigenvalue weighted by Crippen LogP contribution is 2.10. The minimum absolute atomic E-state index is 0.198. The van der Waals surface area contributed by atoms with Gasteiger partial charge in [-0.15, -0.1) is 0 Å². The number of unbranched alkanes of at least 4 members (excludes halogenated alkanes) is 12. The molecule has 0 aromatic heterocycles. The maximum atomic E-state index is 9.58. The van der Waals surface area contributed by atoms with Gasteiger partial charge in [0.15, 0.2) is 0 Å². The molecule has 0 saturated heterocycles. The van der Waals surface area contributed by atoms with Gasteiger partial charge in [-0.2, -0.15) is 0 Å². The highest BCUT2D eigenvalue weighted by molar-refractivity contribution is 5.28. The Morgan fingerprint density at radius 1 is 0.704 bits per heavy atom. The van der Waals surface area contributed by atoms with Crippen LogP contribution in [0.2, 0.25) is 0 Å². The molecule has 0 aliphatic rings. The van der Waals surface area contributed by atoms with Gasteiger partial charge in [0, 0.05) is 0 Å². The maximum Gasteiger partial charge on any atom is 0.134 e. The second-order valence-electron chi connectivity index (χ2n) is 6.98. The van der Waals surface area contributed by atoms with E-state index >= 15 is 0 Å². The Labute approximate surface area is 168 Å². The number of aliphatic hydroxyl groups excluding tert-OH is 2. The topological polar surface area (TPSA) is 40.5 Å². The van der Waals surface area contributed by atoms with E-state index in [1.165, 1.54) is 77.0 Å². The van der Waals surface area contributed by atoms with Crippen molar-refractivity contribution in [2.75, 3.05) is 6.61 Å². The first kappa shape index (κ1) is 25.5. The molecule has 0 rings (SSSR count). The van der Waals surface area contributed by atoms with Crippen LogP contribution in [0.4, 0.5) is 0 Å². The molecule has 0 bridgehead atoms. The molecule has 27 heavy (non-hydrogen) atoms. The van der Waals surface area contributed by atoms with Crippen LogP contribution in [-0.4, -0.2) is 22.9 Å². The van der Waals surface area contributed by atoms with Crippen LogP contribution < -0.4 is 0 Å². The molecule has 0 saturated carbocycles.